The number of ether oxygens (including phenoxy) is 1. The van der Waals surface area contributed by atoms with Crippen molar-refractivity contribution in [2.45, 2.75) is 58.2 Å². The summed E-state index contributed by atoms with van der Waals surface area (Å²) in [5.41, 5.74) is 9.17. The van der Waals surface area contributed by atoms with Crippen LogP contribution in [0, 0.1) is 0 Å². The molecule has 1 aliphatic heterocycles. The molecule has 2 heterocycles. The van der Waals surface area contributed by atoms with Crippen molar-refractivity contribution in [2.75, 3.05) is 6.61 Å². The fourth-order valence-corrected chi connectivity index (χ4v) is 3.15. The van der Waals surface area contributed by atoms with Gasteiger partial charge in [0, 0.05) is 26.1 Å². The Bertz CT molecular complexity index is 599. The third kappa shape index (κ3) is 3.11. The van der Waals surface area contributed by atoms with Crippen LogP contribution in [-0.4, -0.2) is 22.3 Å². The van der Waals surface area contributed by atoms with E-state index in [0.717, 1.165) is 49.3 Å². The molecule has 1 atom stereocenters. The van der Waals surface area contributed by atoms with Gasteiger partial charge in [0.15, 0.2) is 0 Å². The Morgan fingerprint density at radius 3 is 3.00 bits per heavy atom. The Morgan fingerprint density at radius 2 is 2.29 bits per heavy atom. The van der Waals surface area contributed by atoms with Gasteiger partial charge in [-0.05, 0) is 43.4 Å². The minimum Gasteiger partial charge on any atom is -0.378 e. The number of fused-ring (bicyclic) bond motifs is 1. The van der Waals surface area contributed by atoms with Crippen molar-refractivity contribution in [2.24, 2.45) is 5.73 Å². The van der Waals surface area contributed by atoms with Crippen molar-refractivity contribution in [1.82, 2.24) is 9.55 Å². The summed E-state index contributed by atoms with van der Waals surface area (Å²) >= 11 is 0. The summed E-state index contributed by atoms with van der Waals surface area (Å²) in [4.78, 5) is 4.86. The topological polar surface area (TPSA) is 53.1 Å². The highest BCUT2D eigenvalue weighted by atomic mass is 16.5. The molecule has 4 nitrogen and oxygen atoms in total. The summed E-state index contributed by atoms with van der Waals surface area (Å²) in [6.07, 6.45) is 6.00. The smallest absolute Gasteiger partial charge is 0.112 e. The molecule has 2 N–H and O–H groups in total. The van der Waals surface area contributed by atoms with Crippen LogP contribution in [0.3, 0.4) is 0 Å². The fourth-order valence-electron chi connectivity index (χ4n) is 3.15. The molecule has 1 aromatic heterocycles. The Morgan fingerprint density at radius 1 is 1.38 bits per heavy atom. The molecule has 3 rings (SSSR count). The molecule has 0 bridgehead atoms. The average Bonchev–Trinajstić information content (AvgIpc) is 2.85. The van der Waals surface area contributed by atoms with Crippen molar-refractivity contribution in [3.63, 3.8) is 0 Å². The molecule has 4 heteroatoms. The van der Waals surface area contributed by atoms with Crippen LogP contribution in [0.4, 0.5) is 0 Å². The lowest BCUT2D eigenvalue weighted by Crippen LogP contribution is -2.23. The minimum absolute atomic E-state index is 0.333. The van der Waals surface area contributed by atoms with Crippen molar-refractivity contribution in [3.05, 3.63) is 29.6 Å². The predicted octanol–water partition coefficient (Wildman–Crippen LogP) is 3.02. The monoisotopic (exact) mass is 287 g/mol. The fraction of sp³-hybridized carbons (Fsp3) is 0.588. The summed E-state index contributed by atoms with van der Waals surface area (Å²) in [5, 5.41) is 0. The molecular formula is C17H25N3O. The first kappa shape index (κ1) is 14.5. The Balaban J connectivity index is 1.93. The number of aryl methyl sites for hydroxylation is 1. The number of hydrogen-bond acceptors (Lipinski definition) is 3. The molecule has 0 saturated carbocycles. The molecule has 114 valence electrons. The number of rotatable bonds is 5. The standard InChI is InChI=1S/C17H25N3O/c1-2-8-20-16-7-6-13(12-18)10-15(16)19-17(20)11-14-5-3-4-9-21-14/h6-7,10,14H,2-5,8-9,11-12,18H2,1H3. The number of aromatic nitrogens is 2. The first-order valence-electron chi connectivity index (χ1n) is 8.11. The van der Waals surface area contributed by atoms with E-state index in [0.29, 0.717) is 12.6 Å². The second-order valence-corrected chi connectivity index (χ2v) is 5.90. The number of nitrogens with zero attached hydrogens (tertiary/aromatic N) is 2. The number of benzene rings is 1. The maximum Gasteiger partial charge on any atom is 0.112 e. The van der Waals surface area contributed by atoms with E-state index in [-0.39, 0.29) is 0 Å². The number of imidazole rings is 1. The number of nitrogens with two attached hydrogens (primary N) is 1. The molecule has 1 saturated heterocycles. The lowest BCUT2D eigenvalue weighted by Gasteiger charge is -2.22. The van der Waals surface area contributed by atoms with E-state index in [1.165, 1.54) is 18.4 Å². The van der Waals surface area contributed by atoms with Crippen LogP contribution in [0.5, 0.6) is 0 Å². The van der Waals surface area contributed by atoms with E-state index >= 15 is 0 Å². The summed E-state index contributed by atoms with van der Waals surface area (Å²) in [7, 11) is 0. The molecule has 1 aliphatic rings. The third-order valence-electron chi connectivity index (χ3n) is 4.26. The maximum atomic E-state index is 5.88. The second-order valence-electron chi connectivity index (χ2n) is 5.90. The highest BCUT2D eigenvalue weighted by molar-refractivity contribution is 5.77. The van der Waals surface area contributed by atoms with Crippen molar-refractivity contribution in [1.29, 1.82) is 0 Å². The lowest BCUT2D eigenvalue weighted by atomic mass is 10.1. The zero-order valence-electron chi connectivity index (χ0n) is 12.8. The zero-order chi connectivity index (χ0) is 14.7. The predicted molar refractivity (Wildman–Crippen MR) is 85.2 cm³/mol. The van der Waals surface area contributed by atoms with E-state index in [1.807, 2.05) is 0 Å². The highest BCUT2D eigenvalue weighted by Crippen LogP contribution is 2.22. The molecule has 21 heavy (non-hydrogen) atoms. The molecule has 1 aromatic carbocycles. The zero-order valence-corrected chi connectivity index (χ0v) is 12.8. The van der Waals surface area contributed by atoms with Gasteiger partial charge in [-0.3, -0.25) is 0 Å². The third-order valence-corrected chi connectivity index (χ3v) is 4.26. The normalized spacial score (nSPS) is 19.2. The summed E-state index contributed by atoms with van der Waals surface area (Å²) in [6, 6.07) is 6.38. The SMILES string of the molecule is CCCn1c(CC2CCCCO2)nc2cc(CN)ccc21. The van der Waals surface area contributed by atoms with Gasteiger partial charge in [-0.2, -0.15) is 0 Å². The average molecular weight is 287 g/mol. The van der Waals surface area contributed by atoms with Crippen LogP contribution in [0.15, 0.2) is 18.2 Å². The molecular weight excluding hydrogens is 262 g/mol. The Hall–Kier alpha value is -1.39. The van der Waals surface area contributed by atoms with Gasteiger partial charge in [0.2, 0.25) is 0 Å². The highest BCUT2D eigenvalue weighted by Gasteiger charge is 2.19. The van der Waals surface area contributed by atoms with Crippen LogP contribution in [-0.2, 0) is 24.2 Å². The molecule has 0 spiro atoms. The van der Waals surface area contributed by atoms with Gasteiger partial charge in [0.1, 0.15) is 5.82 Å². The van der Waals surface area contributed by atoms with Crippen LogP contribution in [0.25, 0.3) is 11.0 Å². The van der Waals surface area contributed by atoms with Gasteiger partial charge < -0.3 is 15.0 Å². The van der Waals surface area contributed by atoms with Gasteiger partial charge in [0.25, 0.3) is 0 Å². The van der Waals surface area contributed by atoms with Gasteiger partial charge in [-0.15, -0.1) is 0 Å². The second kappa shape index (κ2) is 6.58. The lowest BCUT2D eigenvalue weighted by molar-refractivity contribution is 0.0152. The summed E-state index contributed by atoms with van der Waals surface area (Å²) in [6.45, 7) is 4.69. The van der Waals surface area contributed by atoms with Crippen LogP contribution < -0.4 is 5.73 Å². The Labute approximate surface area is 126 Å². The van der Waals surface area contributed by atoms with E-state index in [2.05, 4.69) is 29.7 Å². The largest absolute Gasteiger partial charge is 0.378 e. The van der Waals surface area contributed by atoms with Crippen molar-refractivity contribution < 1.29 is 4.74 Å². The summed E-state index contributed by atoms with van der Waals surface area (Å²) < 4.78 is 8.24. The first-order valence-corrected chi connectivity index (χ1v) is 8.11. The maximum absolute atomic E-state index is 5.88. The summed E-state index contributed by atoms with van der Waals surface area (Å²) in [5.74, 6) is 1.16. The van der Waals surface area contributed by atoms with Gasteiger partial charge in [0.05, 0.1) is 17.1 Å². The van der Waals surface area contributed by atoms with Gasteiger partial charge >= 0.3 is 0 Å². The number of hydrogen-bond donors (Lipinski definition) is 1. The molecule has 0 amide bonds. The van der Waals surface area contributed by atoms with E-state index in [9.17, 15) is 0 Å². The van der Waals surface area contributed by atoms with Crippen LogP contribution in [0.2, 0.25) is 0 Å². The quantitative estimate of drug-likeness (QED) is 0.919. The van der Waals surface area contributed by atoms with Crippen LogP contribution in [0.1, 0.15) is 44.0 Å². The molecule has 0 radical (unpaired) electrons. The van der Waals surface area contributed by atoms with E-state index in [1.54, 1.807) is 0 Å². The molecule has 1 unspecified atom stereocenters. The molecule has 2 aromatic rings. The first-order chi connectivity index (χ1) is 10.3. The van der Waals surface area contributed by atoms with E-state index < -0.39 is 0 Å². The van der Waals surface area contributed by atoms with Crippen LogP contribution >= 0.6 is 0 Å². The minimum atomic E-state index is 0.333. The van der Waals surface area contributed by atoms with Crippen molar-refractivity contribution >= 4 is 11.0 Å². The van der Waals surface area contributed by atoms with Crippen molar-refractivity contribution in [3.8, 4) is 0 Å². The van der Waals surface area contributed by atoms with Gasteiger partial charge in [-0.25, -0.2) is 4.98 Å². The molecule has 1 fully saturated rings. The Kier molecular flexibility index (Phi) is 4.56. The van der Waals surface area contributed by atoms with E-state index in [4.69, 9.17) is 15.5 Å². The van der Waals surface area contributed by atoms with Gasteiger partial charge in [-0.1, -0.05) is 13.0 Å². The molecule has 0 aliphatic carbocycles.